The molecule has 0 fully saturated rings. The molecule has 0 heterocycles. The Balaban J connectivity index is 3.04. The van der Waals surface area contributed by atoms with Crippen molar-refractivity contribution in [1.29, 1.82) is 0 Å². The van der Waals surface area contributed by atoms with E-state index in [4.69, 9.17) is 10.5 Å². The standard InChI is InChI=1S/C13H15NO2/c1-9-7-11(16-3)8-10(2)12(9)5-4-6-13(14)15/h7-8H,6H2,1-3H3,(H2,14,15). The number of hydrogen-bond donors (Lipinski definition) is 1. The van der Waals surface area contributed by atoms with Gasteiger partial charge in [0.2, 0.25) is 5.91 Å². The molecule has 0 bridgehead atoms. The molecule has 1 aromatic rings. The Kier molecular flexibility index (Phi) is 3.96. The van der Waals surface area contributed by atoms with E-state index in [1.54, 1.807) is 7.11 Å². The lowest BCUT2D eigenvalue weighted by atomic mass is 10.0. The number of carbonyl (C=O) groups is 1. The largest absolute Gasteiger partial charge is 0.497 e. The fourth-order valence-electron chi connectivity index (χ4n) is 1.46. The highest BCUT2D eigenvalue weighted by Gasteiger charge is 2.02. The van der Waals surface area contributed by atoms with Gasteiger partial charge in [0.05, 0.1) is 13.5 Å². The zero-order valence-electron chi connectivity index (χ0n) is 9.76. The first-order valence-electron chi connectivity index (χ1n) is 4.97. The average Bonchev–Trinajstić information content (AvgIpc) is 2.21. The molecule has 0 unspecified atom stereocenters. The lowest BCUT2D eigenvalue weighted by Crippen LogP contribution is -2.08. The first kappa shape index (κ1) is 12.1. The molecule has 0 aliphatic rings. The van der Waals surface area contributed by atoms with Gasteiger partial charge in [0, 0.05) is 5.56 Å². The maximum atomic E-state index is 10.6. The molecular formula is C13H15NO2. The summed E-state index contributed by atoms with van der Waals surface area (Å²) in [6.45, 7) is 3.92. The maximum absolute atomic E-state index is 10.6. The third-order valence-electron chi connectivity index (χ3n) is 2.22. The van der Waals surface area contributed by atoms with Crippen molar-refractivity contribution < 1.29 is 9.53 Å². The number of aryl methyl sites for hydroxylation is 2. The molecule has 0 aliphatic heterocycles. The van der Waals surface area contributed by atoms with Crippen molar-refractivity contribution in [2.24, 2.45) is 5.73 Å². The third kappa shape index (κ3) is 3.03. The minimum absolute atomic E-state index is 0.0882. The molecule has 0 saturated carbocycles. The van der Waals surface area contributed by atoms with Gasteiger partial charge in [-0.25, -0.2) is 0 Å². The second-order valence-corrected chi connectivity index (χ2v) is 3.58. The smallest absolute Gasteiger partial charge is 0.229 e. The second kappa shape index (κ2) is 5.22. The number of primary amides is 1. The van der Waals surface area contributed by atoms with Crippen LogP contribution >= 0.6 is 0 Å². The van der Waals surface area contributed by atoms with Crippen molar-refractivity contribution in [2.45, 2.75) is 20.3 Å². The van der Waals surface area contributed by atoms with Gasteiger partial charge in [-0.3, -0.25) is 4.79 Å². The van der Waals surface area contributed by atoms with Gasteiger partial charge in [0.1, 0.15) is 5.75 Å². The van der Waals surface area contributed by atoms with Crippen LogP contribution in [0.3, 0.4) is 0 Å². The number of methoxy groups -OCH3 is 1. The van der Waals surface area contributed by atoms with Gasteiger partial charge in [-0.1, -0.05) is 11.8 Å². The Morgan fingerprint density at radius 1 is 1.38 bits per heavy atom. The van der Waals surface area contributed by atoms with Crippen LogP contribution in [0, 0.1) is 25.7 Å². The molecule has 0 atom stereocenters. The van der Waals surface area contributed by atoms with E-state index in [0.717, 1.165) is 22.4 Å². The first-order chi connectivity index (χ1) is 7.54. The van der Waals surface area contributed by atoms with Crippen LogP contribution in [0.1, 0.15) is 23.1 Å². The minimum atomic E-state index is -0.406. The molecule has 0 saturated heterocycles. The van der Waals surface area contributed by atoms with E-state index in [2.05, 4.69) is 11.8 Å². The predicted molar refractivity (Wildman–Crippen MR) is 63.2 cm³/mol. The van der Waals surface area contributed by atoms with Gasteiger partial charge < -0.3 is 10.5 Å². The quantitative estimate of drug-likeness (QED) is 0.764. The van der Waals surface area contributed by atoms with Gasteiger partial charge in [-0.15, -0.1) is 0 Å². The minimum Gasteiger partial charge on any atom is -0.497 e. The first-order valence-corrected chi connectivity index (χ1v) is 4.97. The molecule has 3 nitrogen and oxygen atoms in total. The van der Waals surface area contributed by atoms with Crippen LogP contribution in [0.15, 0.2) is 12.1 Å². The highest BCUT2D eigenvalue weighted by Crippen LogP contribution is 2.20. The van der Waals surface area contributed by atoms with E-state index in [-0.39, 0.29) is 6.42 Å². The SMILES string of the molecule is COc1cc(C)c(C#CCC(N)=O)c(C)c1. The monoisotopic (exact) mass is 217 g/mol. The predicted octanol–water partition coefficient (Wildman–Crippen LogP) is 1.54. The number of carbonyl (C=O) groups excluding carboxylic acids is 1. The molecule has 0 aromatic heterocycles. The third-order valence-corrected chi connectivity index (χ3v) is 2.22. The van der Waals surface area contributed by atoms with Crippen LogP contribution in [-0.2, 0) is 4.79 Å². The summed E-state index contributed by atoms with van der Waals surface area (Å²) in [6, 6.07) is 3.84. The summed E-state index contributed by atoms with van der Waals surface area (Å²) in [4.78, 5) is 10.6. The van der Waals surface area contributed by atoms with Gasteiger partial charge in [-0.2, -0.15) is 0 Å². The van der Waals surface area contributed by atoms with E-state index in [0.29, 0.717) is 0 Å². The lowest BCUT2D eigenvalue weighted by molar-refractivity contribution is -0.117. The summed E-state index contributed by atoms with van der Waals surface area (Å²) < 4.78 is 5.15. The van der Waals surface area contributed by atoms with Crippen molar-refractivity contribution in [1.82, 2.24) is 0 Å². The van der Waals surface area contributed by atoms with Crippen molar-refractivity contribution in [2.75, 3.05) is 7.11 Å². The topological polar surface area (TPSA) is 52.3 Å². The molecule has 2 N–H and O–H groups in total. The van der Waals surface area contributed by atoms with Gasteiger partial charge in [0.25, 0.3) is 0 Å². The summed E-state index contributed by atoms with van der Waals surface area (Å²) in [5.74, 6) is 6.12. The number of rotatable bonds is 2. The number of nitrogens with two attached hydrogens (primary N) is 1. The molecule has 84 valence electrons. The summed E-state index contributed by atoms with van der Waals surface area (Å²) >= 11 is 0. The summed E-state index contributed by atoms with van der Waals surface area (Å²) in [5.41, 5.74) is 8.02. The van der Waals surface area contributed by atoms with E-state index < -0.39 is 5.91 Å². The Bertz CT molecular complexity index is 444. The fraction of sp³-hybridized carbons (Fsp3) is 0.308. The zero-order valence-corrected chi connectivity index (χ0v) is 9.76. The fourth-order valence-corrected chi connectivity index (χ4v) is 1.46. The van der Waals surface area contributed by atoms with Crippen LogP contribution in [0.25, 0.3) is 0 Å². The van der Waals surface area contributed by atoms with E-state index in [9.17, 15) is 4.79 Å². The normalized spacial score (nSPS) is 9.19. The molecule has 1 rings (SSSR count). The lowest BCUT2D eigenvalue weighted by Gasteiger charge is -2.06. The highest BCUT2D eigenvalue weighted by atomic mass is 16.5. The van der Waals surface area contributed by atoms with Crippen LogP contribution in [0.4, 0.5) is 0 Å². The van der Waals surface area contributed by atoms with Gasteiger partial charge in [-0.05, 0) is 37.1 Å². The summed E-state index contributed by atoms with van der Waals surface area (Å²) in [6.07, 6.45) is 0.0882. The van der Waals surface area contributed by atoms with Gasteiger partial charge in [0.15, 0.2) is 0 Å². The van der Waals surface area contributed by atoms with E-state index in [1.165, 1.54) is 0 Å². The molecule has 0 radical (unpaired) electrons. The Labute approximate surface area is 95.6 Å². The Hall–Kier alpha value is -1.95. The van der Waals surface area contributed by atoms with Crippen molar-refractivity contribution in [3.63, 3.8) is 0 Å². The van der Waals surface area contributed by atoms with Crippen molar-refractivity contribution in [3.05, 3.63) is 28.8 Å². The second-order valence-electron chi connectivity index (χ2n) is 3.58. The highest BCUT2D eigenvalue weighted by molar-refractivity contribution is 5.76. The van der Waals surface area contributed by atoms with Crippen LogP contribution in [0.5, 0.6) is 5.75 Å². The molecule has 3 heteroatoms. The molecule has 1 amide bonds. The van der Waals surface area contributed by atoms with Crippen molar-refractivity contribution in [3.8, 4) is 17.6 Å². The molecule has 16 heavy (non-hydrogen) atoms. The van der Waals surface area contributed by atoms with Crippen LogP contribution in [0.2, 0.25) is 0 Å². The number of amides is 1. The van der Waals surface area contributed by atoms with Crippen LogP contribution in [-0.4, -0.2) is 13.0 Å². The molecule has 1 aromatic carbocycles. The molecule has 0 spiro atoms. The number of benzene rings is 1. The Morgan fingerprint density at radius 2 is 1.94 bits per heavy atom. The van der Waals surface area contributed by atoms with Crippen molar-refractivity contribution >= 4 is 5.91 Å². The molecule has 0 aliphatic carbocycles. The van der Waals surface area contributed by atoms with E-state index in [1.807, 2.05) is 26.0 Å². The molecular weight excluding hydrogens is 202 g/mol. The zero-order chi connectivity index (χ0) is 12.1. The summed E-state index contributed by atoms with van der Waals surface area (Å²) in [5, 5.41) is 0. The number of hydrogen-bond acceptors (Lipinski definition) is 2. The van der Waals surface area contributed by atoms with Gasteiger partial charge >= 0.3 is 0 Å². The Morgan fingerprint density at radius 3 is 2.38 bits per heavy atom. The number of ether oxygens (including phenoxy) is 1. The maximum Gasteiger partial charge on any atom is 0.229 e. The average molecular weight is 217 g/mol. The summed E-state index contributed by atoms with van der Waals surface area (Å²) in [7, 11) is 1.63. The van der Waals surface area contributed by atoms with E-state index >= 15 is 0 Å². The van der Waals surface area contributed by atoms with Crippen LogP contribution < -0.4 is 10.5 Å².